The van der Waals surface area contributed by atoms with Gasteiger partial charge in [-0.25, -0.2) is 0 Å². The quantitative estimate of drug-likeness (QED) is 0.344. The largest absolute Gasteiger partial charge is 0.497 e. The average Bonchev–Trinajstić information content (AvgIpc) is 2.63. The summed E-state index contributed by atoms with van der Waals surface area (Å²) in [5.41, 5.74) is 10.1. The van der Waals surface area contributed by atoms with Crippen LogP contribution in [0.5, 0.6) is 5.75 Å². The predicted octanol–water partition coefficient (Wildman–Crippen LogP) is 4.08. The van der Waals surface area contributed by atoms with E-state index in [9.17, 15) is 0 Å². The maximum Gasteiger partial charge on any atom is 0.220 e. The van der Waals surface area contributed by atoms with Gasteiger partial charge in [0.05, 0.1) is 23.9 Å². The molecule has 3 nitrogen and oxygen atoms in total. The van der Waals surface area contributed by atoms with E-state index >= 15 is 0 Å². The van der Waals surface area contributed by atoms with Gasteiger partial charge in [-0.3, -0.25) is 0 Å². The van der Waals surface area contributed by atoms with Crippen LogP contribution in [0.3, 0.4) is 0 Å². The summed E-state index contributed by atoms with van der Waals surface area (Å²) < 4.78 is 7.65. The van der Waals surface area contributed by atoms with E-state index in [4.69, 9.17) is 10.5 Å². The van der Waals surface area contributed by atoms with Crippen molar-refractivity contribution >= 4 is 27.4 Å². The number of hydrogen-bond acceptors (Lipinski definition) is 2. The summed E-state index contributed by atoms with van der Waals surface area (Å²) in [6, 6.07) is 22.8. The van der Waals surface area contributed by atoms with Gasteiger partial charge in [-0.05, 0) is 42.5 Å². The molecule has 0 aliphatic rings. The van der Waals surface area contributed by atoms with E-state index in [1.807, 2.05) is 18.2 Å². The SMILES string of the molecule is COc1ccc2c3ccccc3c(-c3ccc(N)cc3)[n+](C)c2c1. The second-order valence-electron chi connectivity index (χ2n) is 5.96. The molecule has 118 valence electrons. The minimum atomic E-state index is 0.771. The molecule has 0 atom stereocenters. The Morgan fingerprint density at radius 2 is 1.54 bits per heavy atom. The first-order valence-corrected chi connectivity index (χ1v) is 7.93. The molecule has 1 heterocycles. The molecular weight excluding hydrogens is 296 g/mol. The zero-order chi connectivity index (χ0) is 16.7. The van der Waals surface area contributed by atoms with Gasteiger partial charge in [-0.15, -0.1) is 0 Å². The molecule has 0 unspecified atom stereocenters. The van der Waals surface area contributed by atoms with Gasteiger partial charge in [0.2, 0.25) is 11.2 Å². The Bertz CT molecular complexity index is 1050. The second-order valence-corrected chi connectivity index (χ2v) is 5.96. The Kier molecular flexibility index (Phi) is 3.35. The molecule has 3 aromatic carbocycles. The van der Waals surface area contributed by atoms with Crippen molar-refractivity contribution in [2.75, 3.05) is 12.8 Å². The summed E-state index contributed by atoms with van der Waals surface area (Å²) >= 11 is 0. The zero-order valence-corrected chi connectivity index (χ0v) is 13.8. The third kappa shape index (κ3) is 2.17. The highest BCUT2D eigenvalue weighted by Crippen LogP contribution is 2.32. The van der Waals surface area contributed by atoms with Crippen molar-refractivity contribution in [1.29, 1.82) is 0 Å². The summed E-state index contributed by atoms with van der Waals surface area (Å²) in [5.74, 6) is 0.858. The molecule has 3 heteroatoms. The lowest BCUT2D eigenvalue weighted by Crippen LogP contribution is -2.32. The lowest BCUT2D eigenvalue weighted by atomic mass is 9.99. The average molecular weight is 315 g/mol. The van der Waals surface area contributed by atoms with Crippen LogP contribution in [0.25, 0.3) is 32.9 Å². The van der Waals surface area contributed by atoms with Crippen molar-refractivity contribution < 1.29 is 9.30 Å². The number of nitrogens with zero attached hydrogens (tertiary/aromatic N) is 1. The molecule has 0 spiro atoms. The van der Waals surface area contributed by atoms with Gasteiger partial charge < -0.3 is 10.5 Å². The van der Waals surface area contributed by atoms with Crippen molar-refractivity contribution in [2.24, 2.45) is 7.05 Å². The Balaban J connectivity index is 2.17. The van der Waals surface area contributed by atoms with Crippen molar-refractivity contribution in [2.45, 2.75) is 0 Å². The maximum atomic E-state index is 5.86. The number of pyridine rings is 1. The minimum absolute atomic E-state index is 0.771. The van der Waals surface area contributed by atoms with Crippen LogP contribution >= 0.6 is 0 Å². The van der Waals surface area contributed by atoms with E-state index in [1.54, 1.807) is 7.11 Å². The molecule has 0 bridgehead atoms. The minimum Gasteiger partial charge on any atom is -0.497 e. The molecule has 0 aliphatic carbocycles. The molecule has 0 saturated carbocycles. The Hall–Kier alpha value is -3.07. The first-order valence-electron chi connectivity index (χ1n) is 7.93. The van der Waals surface area contributed by atoms with Gasteiger partial charge in [-0.1, -0.05) is 18.2 Å². The molecule has 0 radical (unpaired) electrons. The van der Waals surface area contributed by atoms with Gasteiger partial charge in [0, 0.05) is 16.6 Å². The Morgan fingerprint density at radius 3 is 2.25 bits per heavy atom. The molecule has 2 N–H and O–H groups in total. The van der Waals surface area contributed by atoms with E-state index in [2.05, 4.69) is 60.1 Å². The topological polar surface area (TPSA) is 39.1 Å². The molecule has 4 rings (SSSR count). The Morgan fingerprint density at radius 1 is 0.833 bits per heavy atom. The van der Waals surface area contributed by atoms with E-state index in [1.165, 1.54) is 21.9 Å². The lowest BCUT2D eigenvalue weighted by molar-refractivity contribution is -0.632. The van der Waals surface area contributed by atoms with E-state index in [0.29, 0.717) is 0 Å². The lowest BCUT2D eigenvalue weighted by Gasteiger charge is -2.10. The molecule has 0 amide bonds. The zero-order valence-electron chi connectivity index (χ0n) is 13.8. The standard InChI is InChI=1S/C21H18N2O/c1-23-20-13-16(24-2)11-12-18(20)17-5-3-4-6-19(17)21(23)14-7-9-15(22)10-8-14/h3-13,22H,1-2H3/p+1. The summed E-state index contributed by atoms with van der Waals surface area (Å²) in [4.78, 5) is 0. The number of fused-ring (bicyclic) bond motifs is 3. The number of ether oxygens (including phenoxy) is 1. The smallest absolute Gasteiger partial charge is 0.220 e. The molecule has 0 fully saturated rings. The van der Waals surface area contributed by atoms with Crippen LogP contribution < -0.4 is 15.0 Å². The first-order chi connectivity index (χ1) is 11.7. The number of benzene rings is 3. The summed E-state index contributed by atoms with van der Waals surface area (Å²) in [5, 5.41) is 3.68. The second kappa shape index (κ2) is 5.53. The molecule has 0 saturated heterocycles. The van der Waals surface area contributed by atoms with Gasteiger partial charge in [0.25, 0.3) is 0 Å². The number of anilines is 1. The number of nitrogens with two attached hydrogens (primary N) is 1. The third-order valence-electron chi connectivity index (χ3n) is 4.56. The molecule has 24 heavy (non-hydrogen) atoms. The number of methoxy groups -OCH3 is 1. The van der Waals surface area contributed by atoms with Gasteiger partial charge in [0.1, 0.15) is 12.8 Å². The first kappa shape index (κ1) is 14.5. The number of hydrogen-bond donors (Lipinski definition) is 1. The maximum absolute atomic E-state index is 5.86. The number of nitrogen functional groups attached to an aromatic ring is 1. The summed E-state index contributed by atoms with van der Waals surface area (Å²) in [7, 11) is 3.79. The molecular formula is C21H19N2O+. The highest BCUT2D eigenvalue weighted by Gasteiger charge is 2.20. The van der Waals surface area contributed by atoms with Crippen molar-refractivity contribution in [3.05, 3.63) is 66.7 Å². The van der Waals surface area contributed by atoms with Crippen LogP contribution in [0, 0.1) is 0 Å². The third-order valence-corrected chi connectivity index (χ3v) is 4.56. The van der Waals surface area contributed by atoms with Crippen LogP contribution in [-0.4, -0.2) is 7.11 Å². The van der Waals surface area contributed by atoms with Gasteiger partial charge >= 0.3 is 0 Å². The van der Waals surface area contributed by atoms with Crippen LogP contribution in [0.1, 0.15) is 0 Å². The van der Waals surface area contributed by atoms with E-state index < -0.39 is 0 Å². The van der Waals surface area contributed by atoms with Gasteiger partial charge in [-0.2, -0.15) is 4.57 Å². The summed E-state index contributed by atoms with van der Waals surface area (Å²) in [6.07, 6.45) is 0. The van der Waals surface area contributed by atoms with Crippen LogP contribution in [-0.2, 0) is 7.05 Å². The fourth-order valence-electron chi connectivity index (χ4n) is 3.36. The highest BCUT2D eigenvalue weighted by molar-refractivity contribution is 6.09. The fourth-order valence-corrected chi connectivity index (χ4v) is 3.36. The van der Waals surface area contributed by atoms with Crippen molar-refractivity contribution in [3.63, 3.8) is 0 Å². The summed E-state index contributed by atoms with van der Waals surface area (Å²) in [6.45, 7) is 0. The van der Waals surface area contributed by atoms with Crippen LogP contribution in [0.2, 0.25) is 0 Å². The fraction of sp³-hybridized carbons (Fsp3) is 0.0952. The molecule has 0 aliphatic heterocycles. The Labute approximate surface area is 140 Å². The van der Waals surface area contributed by atoms with Crippen LogP contribution in [0.4, 0.5) is 5.69 Å². The van der Waals surface area contributed by atoms with Crippen molar-refractivity contribution in [1.82, 2.24) is 0 Å². The van der Waals surface area contributed by atoms with E-state index in [0.717, 1.165) is 22.5 Å². The van der Waals surface area contributed by atoms with Gasteiger partial charge in [0.15, 0.2) is 0 Å². The molecule has 1 aromatic heterocycles. The number of aromatic nitrogens is 1. The van der Waals surface area contributed by atoms with Crippen LogP contribution in [0.15, 0.2) is 66.7 Å². The number of rotatable bonds is 2. The monoisotopic (exact) mass is 315 g/mol. The molecule has 4 aromatic rings. The van der Waals surface area contributed by atoms with Crippen molar-refractivity contribution in [3.8, 4) is 17.0 Å². The number of aryl methyl sites for hydroxylation is 1. The normalized spacial score (nSPS) is 11.1. The highest BCUT2D eigenvalue weighted by atomic mass is 16.5. The van der Waals surface area contributed by atoms with E-state index in [-0.39, 0.29) is 0 Å². The predicted molar refractivity (Wildman–Crippen MR) is 99.0 cm³/mol.